The zero-order chi connectivity index (χ0) is 14.2. The molecule has 1 N–H and O–H groups in total. The third-order valence-corrected chi connectivity index (χ3v) is 3.72. The zero-order valence-corrected chi connectivity index (χ0v) is 12.8. The Morgan fingerprint density at radius 3 is 3.05 bits per heavy atom. The number of piperidine rings is 1. The van der Waals surface area contributed by atoms with Gasteiger partial charge in [0.25, 0.3) is 0 Å². The first-order valence-electron chi connectivity index (χ1n) is 7.88. The summed E-state index contributed by atoms with van der Waals surface area (Å²) in [6.45, 7) is 9.31. The Morgan fingerprint density at radius 2 is 2.35 bits per heavy atom. The van der Waals surface area contributed by atoms with Gasteiger partial charge in [-0.3, -0.25) is 0 Å². The number of hydrogen-bond acceptors (Lipinski definition) is 4. The molecule has 0 spiro atoms. The van der Waals surface area contributed by atoms with Gasteiger partial charge in [0.05, 0.1) is 6.61 Å². The van der Waals surface area contributed by atoms with Crippen LogP contribution in [0.15, 0.2) is 18.3 Å². The molecule has 0 aromatic carbocycles. The monoisotopic (exact) mass is 277 g/mol. The molecule has 1 fully saturated rings. The largest absolute Gasteiger partial charge is 0.490 e. The average Bonchev–Trinajstić information content (AvgIpc) is 2.49. The van der Waals surface area contributed by atoms with Crippen LogP contribution in [0.4, 0.5) is 5.82 Å². The fraction of sp³-hybridized carbons (Fsp3) is 0.688. The van der Waals surface area contributed by atoms with Crippen LogP contribution in [0.2, 0.25) is 0 Å². The second-order valence-electron chi connectivity index (χ2n) is 5.42. The maximum absolute atomic E-state index is 5.73. The van der Waals surface area contributed by atoms with Crippen molar-refractivity contribution in [2.24, 2.45) is 5.92 Å². The van der Waals surface area contributed by atoms with Crippen LogP contribution in [-0.4, -0.2) is 37.8 Å². The highest BCUT2D eigenvalue weighted by molar-refractivity contribution is 5.52. The molecular weight excluding hydrogens is 250 g/mol. The number of nitrogens with one attached hydrogen (secondary N) is 1. The van der Waals surface area contributed by atoms with Gasteiger partial charge >= 0.3 is 0 Å². The van der Waals surface area contributed by atoms with Crippen LogP contribution < -0.4 is 15.0 Å². The van der Waals surface area contributed by atoms with Crippen molar-refractivity contribution in [2.45, 2.75) is 33.1 Å². The Bertz CT molecular complexity index is 391. The molecule has 2 rings (SSSR count). The average molecular weight is 277 g/mol. The van der Waals surface area contributed by atoms with Crippen molar-refractivity contribution in [3.05, 3.63) is 18.3 Å². The van der Waals surface area contributed by atoms with E-state index in [9.17, 15) is 0 Å². The summed E-state index contributed by atoms with van der Waals surface area (Å²) < 4.78 is 5.73. The second-order valence-corrected chi connectivity index (χ2v) is 5.42. The lowest BCUT2D eigenvalue weighted by Crippen LogP contribution is -2.39. The molecule has 0 radical (unpaired) electrons. The third-order valence-electron chi connectivity index (χ3n) is 3.72. The molecule has 1 aliphatic rings. The summed E-state index contributed by atoms with van der Waals surface area (Å²) in [6, 6.07) is 3.97. The highest BCUT2D eigenvalue weighted by Gasteiger charge is 2.19. The topological polar surface area (TPSA) is 37.4 Å². The fourth-order valence-corrected chi connectivity index (χ4v) is 2.83. The van der Waals surface area contributed by atoms with E-state index in [-0.39, 0.29) is 0 Å². The van der Waals surface area contributed by atoms with Gasteiger partial charge in [-0.05, 0) is 57.3 Å². The van der Waals surface area contributed by atoms with E-state index in [0.717, 1.165) is 44.2 Å². The molecule has 0 amide bonds. The maximum atomic E-state index is 5.73. The van der Waals surface area contributed by atoms with Gasteiger partial charge in [-0.2, -0.15) is 0 Å². The van der Waals surface area contributed by atoms with E-state index in [0.29, 0.717) is 12.5 Å². The Balaban J connectivity index is 2.10. The number of pyridine rings is 1. The van der Waals surface area contributed by atoms with Crippen molar-refractivity contribution in [3.63, 3.8) is 0 Å². The van der Waals surface area contributed by atoms with Crippen molar-refractivity contribution in [3.8, 4) is 5.75 Å². The quantitative estimate of drug-likeness (QED) is 0.831. The minimum atomic E-state index is 0.684. The normalized spacial score (nSPS) is 18.8. The number of anilines is 1. The SMILES string of the molecule is CCCN(CC1CCCNC1)c1ncccc1OCC. The van der Waals surface area contributed by atoms with Crippen LogP contribution in [0.5, 0.6) is 5.75 Å². The summed E-state index contributed by atoms with van der Waals surface area (Å²) in [6.07, 6.45) is 5.58. The van der Waals surface area contributed by atoms with Crippen LogP contribution in [0.25, 0.3) is 0 Å². The Kier molecular flexibility index (Phi) is 6.12. The second kappa shape index (κ2) is 8.10. The summed E-state index contributed by atoms with van der Waals surface area (Å²) >= 11 is 0. The molecule has 4 nitrogen and oxygen atoms in total. The van der Waals surface area contributed by atoms with Crippen molar-refractivity contribution < 1.29 is 4.74 Å². The number of rotatable bonds is 7. The van der Waals surface area contributed by atoms with Gasteiger partial charge in [-0.1, -0.05) is 6.92 Å². The molecule has 2 heterocycles. The van der Waals surface area contributed by atoms with Gasteiger partial charge in [0.2, 0.25) is 0 Å². The molecule has 1 aromatic rings. The summed E-state index contributed by atoms with van der Waals surface area (Å²) in [7, 11) is 0. The van der Waals surface area contributed by atoms with Crippen LogP contribution in [-0.2, 0) is 0 Å². The number of ether oxygens (including phenoxy) is 1. The molecule has 1 aromatic heterocycles. The van der Waals surface area contributed by atoms with Gasteiger partial charge in [-0.15, -0.1) is 0 Å². The van der Waals surface area contributed by atoms with E-state index in [1.807, 2.05) is 25.3 Å². The number of aromatic nitrogens is 1. The first kappa shape index (κ1) is 15.1. The van der Waals surface area contributed by atoms with E-state index in [1.54, 1.807) is 0 Å². The third kappa shape index (κ3) is 4.10. The highest BCUT2D eigenvalue weighted by atomic mass is 16.5. The molecule has 112 valence electrons. The Hall–Kier alpha value is -1.29. The molecule has 0 bridgehead atoms. The van der Waals surface area contributed by atoms with E-state index in [4.69, 9.17) is 4.74 Å². The zero-order valence-electron chi connectivity index (χ0n) is 12.8. The van der Waals surface area contributed by atoms with Crippen LogP contribution in [0, 0.1) is 5.92 Å². The van der Waals surface area contributed by atoms with Crippen molar-refractivity contribution in [1.82, 2.24) is 10.3 Å². The van der Waals surface area contributed by atoms with Crippen LogP contribution in [0.3, 0.4) is 0 Å². The first-order valence-corrected chi connectivity index (χ1v) is 7.88. The predicted octanol–water partition coefficient (Wildman–Crippen LogP) is 2.70. The summed E-state index contributed by atoms with van der Waals surface area (Å²) in [5.41, 5.74) is 0. The summed E-state index contributed by atoms with van der Waals surface area (Å²) in [5, 5.41) is 3.50. The lowest BCUT2D eigenvalue weighted by Gasteiger charge is -2.31. The summed E-state index contributed by atoms with van der Waals surface area (Å²) in [4.78, 5) is 6.95. The van der Waals surface area contributed by atoms with Gasteiger partial charge in [0.1, 0.15) is 0 Å². The highest BCUT2D eigenvalue weighted by Crippen LogP contribution is 2.27. The molecule has 0 aliphatic carbocycles. The van der Waals surface area contributed by atoms with E-state index in [1.165, 1.54) is 12.8 Å². The Labute approximate surface area is 122 Å². The van der Waals surface area contributed by atoms with E-state index in [2.05, 4.69) is 22.1 Å². The molecule has 0 saturated carbocycles. The Morgan fingerprint density at radius 1 is 1.45 bits per heavy atom. The van der Waals surface area contributed by atoms with Gasteiger partial charge in [0, 0.05) is 19.3 Å². The minimum absolute atomic E-state index is 0.684. The number of nitrogens with zero attached hydrogens (tertiary/aromatic N) is 2. The molecule has 20 heavy (non-hydrogen) atoms. The van der Waals surface area contributed by atoms with Crippen LogP contribution in [0.1, 0.15) is 33.1 Å². The number of hydrogen-bond donors (Lipinski definition) is 1. The molecular formula is C16H27N3O. The first-order chi connectivity index (χ1) is 9.85. The van der Waals surface area contributed by atoms with Crippen molar-refractivity contribution in [1.29, 1.82) is 0 Å². The lowest BCUT2D eigenvalue weighted by atomic mass is 9.99. The van der Waals surface area contributed by atoms with Gasteiger partial charge in [0.15, 0.2) is 11.6 Å². The smallest absolute Gasteiger partial charge is 0.171 e. The van der Waals surface area contributed by atoms with Gasteiger partial charge < -0.3 is 15.0 Å². The fourth-order valence-electron chi connectivity index (χ4n) is 2.83. The summed E-state index contributed by atoms with van der Waals surface area (Å²) in [5.74, 6) is 2.63. The maximum Gasteiger partial charge on any atom is 0.171 e. The molecule has 1 saturated heterocycles. The van der Waals surface area contributed by atoms with E-state index < -0.39 is 0 Å². The predicted molar refractivity (Wildman–Crippen MR) is 83.5 cm³/mol. The molecule has 1 aliphatic heterocycles. The van der Waals surface area contributed by atoms with Gasteiger partial charge in [-0.25, -0.2) is 4.98 Å². The van der Waals surface area contributed by atoms with Crippen LogP contribution >= 0.6 is 0 Å². The van der Waals surface area contributed by atoms with E-state index >= 15 is 0 Å². The minimum Gasteiger partial charge on any atom is -0.490 e. The molecule has 1 atom stereocenters. The van der Waals surface area contributed by atoms with Crippen molar-refractivity contribution in [2.75, 3.05) is 37.7 Å². The lowest BCUT2D eigenvalue weighted by molar-refractivity contribution is 0.335. The molecule has 1 unspecified atom stereocenters. The standard InChI is InChI=1S/C16H27N3O/c1-3-11-19(13-14-7-5-9-17-12-14)16-15(20-4-2)8-6-10-18-16/h6,8,10,14,17H,3-5,7,9,11-13H2,1-2H3. The molecule has 4 heteroatoms. The van der Waals surface area contributed by atoms with Crippen molar-refractivity contribution >= 4 is 5.82 Å².